The van der Waals surface area contributed by atoms with Gasteiger partial charge in [0.15, 0.2) is 11.6 Å². The number of amides is 1. The number of nitrogens with two attached hydrogens (primary N) is 1. The zero-order valence-electron chi connectivity index (χ0n) is 18.3. The number of imidazole rings is 1. The van der Waals surface area contributed by atoms with E-state index in [9.17, 15) is 22.4 Å². The Hall–Kier alpha value is -3.96. The highest BCUT2D eigenvalue weighted by Gasteiger charge is 2.48. The van der Waals surface area contributed by atoms with Gasteiger partial charge in [-0.05, 0) is 24.5 Å². The number of anilines is 1. The number of benzene rings is 1. The number of nitrogen functional groups attached to an aromatic ring is 1. The lowest BCUT2D eigenvalue weighted by molar-refractivity contribution is -0.140. The highest BCUT2D eigenvalue weighted by atomic mass is 19.4. The Labute approximate surface area is 195 Å². The summed E-state index contributed by atoms with van der Waals surface area (Å²) in [6, 6.07) is 2.72. The second-order valence-corrected chi connectivity index (χ2v) is 8.95. The molecule has 3 aromatic heterocycles. The second-order valence-electron chi connectivity index (χ2n) is 8.95. The van der Waals surface area contributed by atoms with Gasteiger partial charge < -0.3 is 15.4 Å². The molecule has 1 amide bonds. The predicted octanol–water partition coefficient (Wildman–Crippen LogP) is 4.00. The minimum absolute atomic E-state index is 0.0260. The van der Waals surface area contributed by atoms with E-state index in [1.54, 1.807) is 23.0 Å². The zero-order valence-corrected chi connectivity index (χ0v) is 18.3. The summed E-state index contributed by atoms with van der Waals surface area (Å²) in [4.78, 5) is 27.8. The second kappa shape index (κ2) is 7.27. The molecule has 2 N–H and O–H groups in total. The molecule has 35 heavy (non-hydrogen) atoms. The van der Waals surface area contributed by atoms with Crippen molar-refractivity contribution in [2.24, 2.45) is 5.92 Å². The molecule has 2 aliphatic rings. The van der Waals surface area contributed by atoms with Crippen molar-refractivity contribution in [2.75, 3.05) is 12.3 Å². The molecule has 0 spiro atoms. The topological polar surface area (TPSA) is 98.6 Å². The molecule has 5 heterocycles. The van der Waals surface area contributed by atoms with Crippen LogP contribution in [0.4, 0.5) is 23.4 Å². The number of ether oxygens (including phenoxy) is 1. The molecule has 1 fully saturated rings. The van der Waals surface area contributed by atoms with Crippen LogP contribution < -0.4 is 10.5 Å². The molecular weight excluding hydrogens is 468 g/mol. The SMILES string of the molecule is C[C@@H]1C[C@@H]2Oc3c(ccc(C(F)(F)F)c3F)[C@@H]2N(C(=O)c2cc3c(cn2)nc(N)c2cncn23)C1. The number of fused-ring (bicyclic) bond motifs is 6. The Morgan fingerprint density at radius 2 is 2.03 bits per heavy atom. The van der Waals surface area contributed by atoms with Gasteiger partial charge in [0.2, 0.25) is 0 Å². The first kappa shape index (κ1) is 21.6. The molecule has 3 atom stereocenters. The molecule has 1 saturated heterocycles. The Morgan fingerprint density at radius 1 is 1.23 bits per heavy atom. The third kappa shape index (κ3) is 3.19. The fourth-order valence-electron chi connectivity index (χ4n) is 5.08. The third-order valence-electron chi connectivity index (χ3n) is 6.59. The standard InChI is InChI=1S/C23H18F4N6O2/c1-10-4-17-19(11-2-3-12(23(25,26)27)18(24)20(11)35-17)32(8-10)22(34)13-5-15-14(6-30-13)31-21(28)16-7-29-9-33(15)16/h2-3,5-7,9-10,17,19H,4,8H2,1H3,(H2,28,31)/t10-,17+,19+/m1/s1. The molecule has 1 aromatic carbocycles. The van der Waals surface area contributed by atoms with Gasteiger partial charge in [-0.25, -0.2) is 19.3 Å². The summed E-state index contributed by atoms with van der Waals surface area (Å²) >= 11 is 0. The monoisotopic (exact) mass is 486 g/mol. The third-order valence-corrected chi connectivity index (χ3v) is 6.59. The molecule has 0 saturated carbocycles. The summed E-state index contributed by atoms with van der Waals surface area (Å²) in [6.45, 7) is 2.21. The van der Waals surface area contributed by atoms with Crippen LogP contribution in [-0.4, -0.2) is 42.8 Å². The summed E-state index contributed by atoms with van der Waals surface area (Å²) in [6.07, 6.45) is -0.532. The molecule has 12 heteroatoms. The lowest BCUT2D eigenvalue weighted by Gasteiger charge is -2.39. The number of likely N-dealkylation sites (tertiary alicyclic amines) is 1. The molecule has 6 rings (SSSR count). The van der Waals surface area contributed by atoms with Crippen LogP contribution in [0.15, 0.2) is 36.9 Å². The summed E-state index contributed by atoms with van der Waals surface area (Å²) in [5, 5.41) is 0. The van der Waals surface area contributed by atoms with Crippen LogP contribution in [0.3, 0.4) is 0 Å². The first-order valence-corrected chi connectivity index (χ1v) is 10.9. The van der Waals surface area contributed by atoms with Gasteiger partial charge in [0.05, 0.1) is 35.8 Å². The Kier molecular flexibility index (Phi) is 4.48. The molecule has 4 aromatic rings. The number of alkyl halides is 3. The highest BCUT2D eigenvalue weighted by Crippen LogP contribution is 2.49. The molecule has 0 bridgehead atoms. The van der Waals surface area contributed by atoms with Crippen molar-refractivity contribution < 1.29 is 27.1 Å². The summed E-state index contributed by atoms with van der Waals surface area (Å²) < 4.78 is 61.8. The van der Waals surface area contributed by atoms with Crippen molar-refractivity contribution in [2.45, 2.75) is 31.7 Å². The predicted molar refractivity (Wildman–Crippen MR) is 116 cm³/mol. The van der Waals surface area contributed by atoms with E-state index in [1.165, 1.54) is 17.2 Å². The van der Waals surface area contributed by atoms with Gasteiger partial charge in [0.1, 0.15) is 28.6 Å². The maximum absolute atomic E-state index is 14.8. The number of halogens is 4. The summed E-state index contributed by atoms with van der Waals surface area (Å²) in [7, 11) is 0. The van der Waals surface area contributed by atoms with Crippen LogP contribution in [0.2, 0.25) is 0 Å². The highest BCUT2D eigenvalue weighted by molar-refractivity contribution is 5.96. The van der Waals surface area contributed by atoms with Gasteiger partial charge in [-0.15, -0.1) is 0 Å². The average Bonchev–Trinajstić information content (AvgIpc) is 3.43. The quantitative estimate of drug-likeness (QED) is 0.409. The molecule has 0 unspecified atom stereocenters. The number of hydrogen-bond acceptors (Lipinski definition) is 6. The number of rotatable bonds is 1. The number of piperidine rings is 1. The van der Waals surface area contributed by atoms with E-state index in [1.807, 2.05) is 6.92 Å². The van der Waals surface area contributed by atoms with Crippen molar-refractivity contribution in [3.8, 4) is 5.75 Å². The van der Waals surface area contributed by atoms with Gasteiger partial charge in [0, 0.05) is 12.1 Å². The zero-order chi connectivity index (χ0) is 24.6. The Morgan fingerprint density at radius 3 is 2.80 bits per heavy atom. The first-order valence-electron chi connectivity index (χ1n) is 10.9. The van der Waals surface area contributed by atoms with E-state index in [0.29, 0.717) is 35.6 Å². The number of nitrogens with zero attached hydrogens (tertiary/aromatic N) is 5. The lowest BCUT2D eigenvalue weighted by Crippen LogP contribution is -2.47. The van der Waals surface area contributed by atoms with Crippen molar-refractivity contribution in [1.82, 2.24) is 24.3 Å². The van der Waals surface area contributed by atoms with E-state index in [0.717, 1.165) is 0 Å². The van der Waals surface area contributed by atoms with Crippen LogP contribution in [0.25, 0.3) is 16.6 Å². The van der Waals surface area contributed by atoms with Crippen LogP contribution in [0.1, 0.15) is 41.0 Å². The summed E-state index contributed by atoms with van der Waals surface area (Å²) in [5.41, 5.74) is 6.49. The molecular formula is C23H18F4N6O2. The fourth-order valence-corrected chi connectivity index (χ4v) is 5.08. The van der Waals surface area contributed by atoms with E-state index in [-0.39, 0.29) is 23.0 Å². The van der Waals surface area contributed by atoms with Crippen molar-refractivity contribution in [3.63, 3.8) is 0 Å². The Bertz CT molecular complexity index is 1520. The molecule has 8 nitrogen and oxygen atoms in total. The van der Waals surface area contributed by atoms with E-state index >= 15 is 0 Å². The number of carbonyl (C=O) groups excluding carboxylic acids is 1. The minimum atomic E-state index is -4.86. The largest absolute Gasteiger partial charge is 0.484 e. The van der Waals surface area contributed by atoms with Gasteiger partial charge in [0.25, 0.3) is 5.91 Å². The van der Waals surface area contributed by atoms with Gasteiger partial charge >= 0.3 is 6.18 Å². The molecule has 0 radical (unpaired) electrons. The van der Waals surface area contributed by atoms with Crippen molar-refractivity contribution >= 4 is 28.3 Å². The molecule has 2 aliphatic heterocycles. The van der Waals surface area contributed by atoms with E-state index in [4.69, 9.17) is 10.5 Å². The lowest BCUT2D eigenvalue weighted by atomic mass is 9.88. The summed E-state index contributed by atoms with van der Waals surface area (Å²) in [5.74, 6) is -2.12. The van der Waals surface area contributed by atoms with Crippen LogP contribution in [0.5, 0.6) is 5.75 Å². The number of pyridine rings is 1. The maximum atomic E-state index is 14.8. The van der Waals surface area contributed by atoms with Crippen LogP contribution in [-0.2, 0) is 6.18 Å². The van der Waals surface area contributed by atoms with Gasteiger partial charge in [-0.2, -0.15) is 13.2 Å². The minimum Gasteiger partial charge on any atom is -0.484 e. The smallest absolute Gasteiger partial charge is 0.419 e. The van der Waals surface area contributed by atoms with Crippen molar-refractivity contribution in [1.29, 1.82) is 0 Å². The average molecular weight is 486 g/mol. The normalized spacial score (nSPS) is 21.7. The van der Waals surface area contributed by atoms with Crippen LogP contribution in [0, 0.1) is 11.7 Å². The number of aromatic nitrogens is 4. The van der Waals surface area contributed by atoms with Gasteiger partial charge in [-0.1, -0.05) is 13.0 Å². The Balaban J connectivity index is 1.43. The number of hydrogen-bond donors (Lipinski definition) is 1. The fraction of sp³-hybridized carbons (Fsp3) is 0.304. The number of carbonyl (C=O) groups is 1. The molecule has 180 valence electrons. The van der Waals surface area contributed by atoms with Crippen LogP contribution >= 0.6 is 0 Å². The molecule has 0 aliphatic carbocycles. The first-order chi connectivity index (χ1) is 16.6. The van der Waals surface area contributed by atoms with E-state index in [2.05, 4.69) is 15.0 Å². The van der Waals surface area contributed by atoms with Crippen molar-refractivity contribution in [3.05, 3.63) is 59.6 Å². The van der Waals surface area contributed by atoms with E-state index < -0.39 is 41.4 Å². The maximum Gasteiger partial charge on any atom is 0.419 e. The van der Waals surface area contributed by atoms with Gasteiger partial charge in [-0.3, -0.25) is 9.20 Å².